The van der Waals surface area contributed by atoms with Gasteiger partial charge < -0.3 is 15.1 Å². The first kappa shape index (κ1) is 12.9. The maximum absolute atomic E-state index is 3.40. The van der Waals surface area contributed by atoms with Gasteiger partial charge in [0.2, 0.25) is 0 Å². The van der Waals surface area contributed by atoms with Crippen molar-refractivity contribution in [1.82, 2.24) is 15.1 Å². The highest BCUT2D eigenvalue weighted by molar-refractivity contribution is 4.71. The molecule has 0 bridgehead atoms. The van der Waals surface area contributed by atoms with Gasteiger partial charge in [0.1, 0.15) is 0 Å². The van der Waals surface area contributed by atoms with Crippen LogP contribution in [0.25, 0.3) is 0 Å². The van der Waals surface area contributed by atoms with Gasteiger partial charge in [0.15, 0.2) is 0 Å². The van der Waals surface area contributed by atoms with E-state index in [9.17, 15) is 0 Å². The van der Waals surface area contributed by atoms with E-state index in [4.69, 9.17) is 0 Å². The van der Waals surface area contributed by atoms with E-state index in [0.29, 0.717) is 0 Å². The minimum absolute atomic E-state index is 0.791. The standard InChI is InChI=1S/C12H27N3/c1-4-7-14(3)10-12(2)11-15-8-5-13-6-9-15/h12-13H,4-11H2,1-3H3. The Bertz CT molecular complexity index is 155. The Morgan fingerprint density at radius 2 is 2.00 bits per heavy atom. The van der Waals surface area contributed by atoms with Crippen LogP contribution in [-0.2, 0) is 0 Å². The van der Waals surface area contributed by atoms with Crippen LogP contribution in [0.4, 0.5) is 0 Å². The second-order valence-electron chi connectivity index (χ2n) is 4.92. The highest BCUT2D eigenvalue weighted by Gasteiger charge is 2.13. The SMILES string of the molecule is CCCN(C)CC(C)CN1CCNCC1. The minimum atomic E-state index is 0.791. The second kappa shape index (κ2) is 7.20. The molecule has 0 aromatic heterocycles. The fourth-order valence-corrected chi connectivity index (χ4v) is 2.40. The van der Waals surface area contributed by atoms with E-state index in [-0.39, 0.29) is 0 Å². The van der Waals surface area contributed by atoms with E-state index in [2.05, 4.69) is 36.0 Å². The number of hydrogen-bond acceptors (Lipinski definition) is 3. The fraction of sp³-hybridized carbons (Fsp3) is 1.00. The molecule has 3 nitrogen and oxygen atoms in total. The molecule has 1 rings (SSSR count). The van der Waals surface area contributed by atoms with Crippen LogP contribution >= 0.6 is 0 Å². The Labute approximate surface area is 94.8 Å². The van der Waals surface area contributed by atoms with Gasteiger partial charge in [-0.2, -0.15) is 0 Å². The lowest BCUT2D eigenvalue weighted by atomic mass is 10.1. The van der Waals surface area contributed by atoms with Crippen LogP contribution < -0.4 is 5.32 Å². The normalized spacial score (nSPS) is 20.8. The summed E-state index contributed by atoms with van der Waals surface area (Å²) in [5.74, 6) is 0.791. The summed E-state index contributed by atoms with van der Waals surface area (Å²) in [6.45, 7) is 13.1. The number of nitrogens with zero attached hydrogens (tertiary/aromatic N) is 2. The zero-order valence-electron chi connectivity index (χ0n) is 10.6. The second-order valence-corrected chi connectivity index (χ2v) is 4.92. The Kier molecular flexibility index (Phi) is 6.22. The van der Waals surface area contributed by atoms with Gasteiger partial charge in [-0.1, -0.05) is 13.8 Å². The van der Waals surface area contributed by atoms with Crippen LogP contribution in [0, 0.1) is 5.92 Å². The van der Waals surface area contributed by atoms with Crippen molar-refractivity contribution in [1.29, 1.82) is 0 Å². The summed E-state index contributed by atoms with van der Waals surface area (Å²) in [6.07, 6.45) is 1.26. The molecular weight excluding hydrogens is 186 g/mol. The molecule has 90 valence electrons. The van der Waals surface area contributed by atoms with Gasteiger partial charge in [0.05, 0.1) is 0 Å². The van der Waals surface area contributed by atoms with Crippen molar-refractivity contribution >= 4 is 0 Å². The fourth-order valence-electron chi connectivity index (χ4n) is 2.40. The van der Waals surface area contributed by atoms with Gasteiger partial charge in [-0.3, -0.25) is 0 Å². The molecule has 0 aromatic rings. The van der Waals surface area contributed by atoms with Crippen molar-refractivity contribution in [3.63, 3.8) is 0 Å². The number of hydrogen-bond donors (Lipinski definition) is 1. The summed E-state index contributed by atoms with van der Waals surface area (Å²) >= 11 is 0. The molecule has 1 atom stereocenters. The molecule has 1 unspecified atom stereocenters. The van der Waals surface area contributed by atoms with E-state index in [1.54, 1.807) is 0 Å². The highest BCUT2D eigenvalue weighted by atomic mass is 15.2. The van der Waals surface area contributed by atoms with Crippen molar-refractivity contribution in [3.8, 4) is 0 Å². The third-order valence-electron chi connectivity index (χ3n) is 3.01. The summed E-state index contributed by atoms with van der Waals surface area (Å²) in [5, 5.41) is 3.40. The molecule has 1 fully saturated rings. The maximum Gasteiger partial charge on any atom is 0.0107 e. The van der Waals surface area contributed by atoms with Crippen molar-refractivity contribution in [2.45, 2.75) is 20.3 Å². The molecule has 3 heteroatoms. The molecule has 1 N–H and O–H groups in total. The minimum Gasteiger partial charge on any atom is -0.314 e. The first-order valence-electron chi connectivity index (χ1n) is 6.34. The smallest absolute Gasteiger partial charge is 0.0107 e. The zero-order chi connectivity index (χ0) is 11.1. The first-order valence-corrected chi connectivity index (χ1v) is 6.34. The molecule has 0 spiro atoms. The van der Waals surface area contributed by atoms with E-state index in [0.717, 1.165) is 19.0 Å². The molecule has 1 aliphatic heterocycles. The number of piperazine rings is 1. The lowest BCUT2D eigenvalue weighted by Crippen LogP contribution is -2.46. The Morgan fingerprint density at radius 1 is 1.33 bits per heavy atom. The quantitative estimate of drug-likeness (QED) is 0.706. The van der Waals surface area contributed by atoms with E-state index < -0.39 is 0 Å². The molecule has 0 aromatic carbocycles. The van der Waals surface area contributed by atoms with E-state index in [1.807, 2.05) is 0 Å². The monoisotopic (exact) mass is 213 g/mol. The molecule has 0 radical (unpaired) electrons. The Morgan fingerprint density at radius 3 is 2.60 bits per heavy atom. The summed E-state index contributed by atoms with van der Waals surface area (Å²) in [4.78, 5) is 5.04. The number of nitrogens with one attached hydrogen (secondary N) is 1. The van der Waals surface area contributed by atoms with Gasteiger partial charge in [0, 0.05) is 39.3 Å². The highest BCUT2D eigenvalue weighted by Crippen LogP contribution is 2.03. The summed E-state index contributed by atoms with van der Waals surface area (Å²) in [6, 6.07) is 0. The Hall–Kier alpha value is -0.120. The van der Waals surface area contributed by atoms with Gasteiger partial charge >= 0.3 is 0 Å². The van der Waals surface area contributed by atoms with Gasteiger partial charge in [-0.15, -0.1) is 0 Å². The topological polar surface area (TPSA) is 18.5 Å². The van der Waals surface area contributed by atoms with Crippen LogP contribution in [-0.4, -0.2) is 62.7 Å². The molecule has 0 amide bonds. The van der Waals surface area contributed by atoms with Crippen LogP contribution in [0.3, 0.4) is 0 Å². The summed E-state index contributed by atoms with van der Waals surface area (Å²) in [5.41, 5.74) is 0. The predicted molar refractivity (Wildman–Crippen MR) is 66.3 cm³/mol. The number of rotatable bonds is 6. The van der Waals surface area contributed by atoms with Crippen molar-refractivity contribution in [2.75, 3.05) is 52.9 Å². The molecule has 1 saturated heterocycles. The lowest BCUT2D eigenvalue weighted by molar-refractivity contribution is 0.184. The van der Waals surface area contributed by atoms with Crippen molar-refractivity contribution in [2.24, 2.45) is 5.92 Å². The van der Waals surface area contributed by atoms with Crippen molar-refractivity contribution in [3.05, 3.63) is 0 Å². The third kappa shape index (κ3) is 5.50. The molecule has 1 heterocycles. The van der Waals surface area contributed by atoms with E-state index in [1.165, 1.54) is 39.1 Å². The molecule has 1 aliphatic rings. The maximum atomic E-state index is 3.40. The zero-order valence-corrected chi connectivity index (χ0v) is 10.6. The molecule has 15 heavy (non-hydrogen) atoms. The first-order chi connectivity index (χ1) is 7.22. The predicted octanol–water partition coefficient (Wildman–Crippen LogP) is 0.870. The van der Waals surface area contributed by atoms with Crippen molar-refractivity contribution < 1.29 is 0 Å². The van der Waals surface area contributed by atoms with Crippen LogP contribution in [0.1, 0.15) is 20.3 Å². The van der Waals surface area contributed by atoms with Crippen LogP contribution in [0.5, 0.6) is 0 Å². The summed E-state index contributed by atoms with van der Waals surface area (Å²) in [7, 11) is 2.23. The molecular formula is C12H27N3. The molecule has 0 aliphatic carbocycles. The molecule has 0 saturated carbocycles. The average molecular weight is 213 g/mol. The Balaban J connectivity index is 2.13. The van der Waals surface area contributed by atoms with Gasteiger partial charge in [0.25, 0.3) is 0 Å². The lowest BCUT2D eigenvalue weighted by Gasteiger charge is -2.31. The van der Waals surface area contributed by atoms with Crippen LogP contribution in [0.2, 0.25) is 0 Å². The largest absolute Gasteiger partial charge is 0.314 e. The van der Waals surface area contributed by atoms with Gasteiger partial charge in [-0.05, 0) is 25.9 Å². The average Bonchev–Trinajstić information content (AvgIpc) is 2.19. The van der Waals surface area contributed by atoms with E-state index >= 15 is 0 Å². The third-order valence-corrected chi connectivity index (χ3v) is 3.01. The van der Waals surface area contributed by atoms with Gasteiger partial charge in [-0.25, -0.2) is 0 Å². The summed E-state index contributed by atoms with van der Waals surface area (Å²) < 4.78 is 0. The van der Waals surface area contributed by atoms with Crippen LogP contribution in [0.15, 0.2) is 0 Å².